The van der Waals surface area contributed by atoms with E-state index in [0.717, 1.165) is 29.5 Å². The molecule has 0 spiro atoms. The summed E-state index contributed by atoms with van der Waals surface area (Å²) in [5.74, 6) is 0.154. The molecule has 28 heavy (non-hydrogen) atoms. The van der Waals surface area contributed by atoms with E-state index >= 15 is 0 Å². The molecule has 0 bridgehead atoms. The molecule has 0 N–H and O–H groups in total. The smallest absolute Gasteiger partial charge is 0.310 e. The molecule has 3 rings (SSSR count). The van der Waals surface area contributed by atoms with E-state index < -0.39 is 0 Å². The van der Waals surface area contributed by atoms with E-state index in [1.54, 1.807) is 11.8 Å². The number of nitrogens with zero attached hydrogens (tertiary/aromatic N) is 3. The second-order valence-corrected chi connectivity index (χ2v) is 7.90. The zero-order valence-corrected chi connectivity index (χ0v) is 17.3. The summed E-state index contributed by atoms with van der Waals surface area (Å²) in [6, 6.07) is 6.06. The SMILES string of the molecule is CCOC(=O)[C@@H]1CCCN(C(=O)CSc2nnc(-c3cc(C)cc(C)c3)o2)C1. The van der Waals surface area contributed by atoms with Crippen molar-refractivity contribution in [3.8, 4) is 11.5 Å². The highest BCUT2D eigenvalue weighted by atomic mass is 32.2. The zero-order chi connectivity index (χ0) is 20.1. The third-order valence-electron chi connectivity index (χ3n) is 4.59. The molecule has 1 amide bonds. The third-order valence-corrected chi connectivity index (χ3v) is 5.39. The molecule has 1 aliphatic heterocycles. The quantitative estimate of drug-likeness (QED) is 0.540. The monoisotopic (exact) mass is 403 g/mol. The van der Waals surface area contributed by atoms with Crippen LogP contribution in [0, 0.1) is 19.8 Å². The molecule has 0 aliphatic carbocycles. The van der Waals surface area contributed by atoms with E-state index in [2.05, 4.69) is 16.3 Å². The van der Waals surface area contributed by atoms with Gasteiger partial charge in [0.25, 0.3) is 5.22 Å². The number of thioether (sulfide) groups is 1. The molecule has 1 fully saturated rings. The number of esters is 1. The van der Waals surface area contributed by atoms with Gasteiger partial charge in [-0.2, -0.15) is 0 Å². The number of ether oxygens (including phenoxy) is 1. The van der Waals surface area contributed by atoms with Crippen molar-refractivity contribution in [3.63, 3.8) is 0 Å². The molecule has 1 aromatic heterocycles. The number of benzene rings is 1. The lowest BCUT2D eigenvalue weighted by Crippen LogP contribution is -2.43. The van der Waals surface area contributed by atoms with Gasteiger partial charge in [0.1, 0.15) is 0 Å². The van der Waals surface area contributed by atoms with Crippen LogP contribution in [0.3, 0.4) is 0 Å². The Balaban J connectivity index is 1.56. The number of piperidine rings is 1. The van der Waals surface area contributed by atoms with Crippen molar-refractivity contribution >= 4 is 23.6 Å². The Morgan fingerprint density at radius 3 is 2.71 bits per heavy atom. The van der Waals surface area contributed by atoms with Gasteiger partial charge < -0.3 is 14.1 Å². The summed E-state index contributed by atoms with van der Waals surface area (Å²) in [5, 5.41) is 8.49. The molecule has 1 atom stereocenters. The molecule has 0 unspecified atom stereocenters. The Kier molecular flexibility index (Phi) is 6.72. The molecule has 2 heterocycles. The van der Waals surface area contributed by atoms with Gasteiger partial charge in [0, 0.05) is 18.7 Å². The van der Waals surface area contributed by atoms with Gasteiger partial charge in [-0.3, -0.25) is 9.59 Å². The summed E-state index contributed by atoms with van der Waals surface area (Å²) in [7, 11) is 0. The van der Waals surface area contributed by atoms with Crippen LogP contribution in [0.15, 0.2) is 27.8 Å². The zero-order valence-electron chi connectivity index (χ0n) is 16.4. The maximum atomic E-state index is 12.5. The molecule has 1 aliphatic rings. The highest BCUT2D eigenvalue weighted by molar-refractivity contribution is 7.99. The summed E-state index contributed by atoms with van der Waals surface area (Å²) >= 11 is 1.22. The minimum atomic E-state index is -0.234. The Morgan fingerprint density at radius 2 is 2.00 bits per heavy atom. The molecule has 8 heteroatoms. The fourth-order valence-electron chi connectivity index (χ4n) is 3.35. The van der Waals surface area contributed by atoms with Crippen molar-refractivity contribution in [1.29, 1.82) is 0 Å². The summed E-state index contributed by atoms with van der Waals surface area (Å²) < 4.78 is 10.8. The maximum absolute atomic E-state index is 12.5. The fraction of sp³-hybridized carbons (Fsp3) is 0.500. The van der Waals surface area contributed by atoms with Gasteiger partial charge in [0.2, 0.25) is 11.8 Å². The Labute approximate surface area is 168 Å². The number of carbonyl (C=O) groups excluding carboxylic acids is 2. The highest BCUT2D eigenvalue weighted by Crippen LogP contribution is 2.26. The standard InChI is InChI=1S/C20H25N3O4S/c1-4-26-19(25)15-6-5-7-23(11-15)17(24)12-28-20-22-21-18(27-20)16-9-13(2)8-14(3)10-16/h8-10,15H,4-7,11-12H2,1-3H3/t15-/m1/s1. The average molecular weight is 404 g/mol. The number of likely N-dealkylation sites (tertiary alicyclic amines) is 1. The minimum absolute atomic E-state index is 0.0369. The second kappa shape index (κ2) is 9.23. The van der Waals surface area contributed by atoms with E-state index in [9.17, 15) is 9.59 Å². The molecule has 0 saturated carbocycles. The van der Waals surface area contributed by atoms with Crippen LogP contribution in [0.2, 0.25) is 0 Å². The van der Waals surface area contributed by atoms with Crippen molar-refractivity contribution in [2.24, 2.45) is 5.92 Å². The Bertz CT molecular complexity index is 831. The highest BCUT2D eigenvalue weighted by Gasteiger charge is 2.29. The molecule has 0 radical (unpaired) electrons. The number of aryl methyl sites for hydroxylation is 2. The van der Waals surface area contributed by atoms with Gasteiger partial charge in [0.15, 0.2) is 0 Å². The van der Waals surface area contributed by atoms with Crippen molar-refractivity contribution in [2.75, 3.05) is 25.4 Å². The summed E-state index contributed by atoms with van der Waals surface area (Å²) in [6.07, 6.45) is 1.57. The van der Waals surface area contributed by atoms with Gasteiger partial charge in [-0.1, -0.05) is 29.0 Å². The first-order valence-corrected chi connectivity index (χ1v) is 10.4. The first kappa shape index (κ1) is 20.4. The number of carbonyl (C=O) groups is 2. The first-order chi connectivity index (χ1) is 13.5. The first-order valence-electron chi connectivity index (χ1n) is 9.45. The molecule has 7 nitrogen and oxygen atoms in total. The summed E-state index contributed by atoms with van der Waals surface area (Å²) in [6.45, 7) is 7.26. The topological polar surface area (TPSA) is 85.5 Å². The molecular weight excluding hydrogens is 378 g/mol. The number of rotatable bonds is 6. The van der Waals surface area contributed by atoms with Crippen LogP contribution in [0.4, 0.5) is 0 Å². The fourth-order valence-corrected chi connectivity index (χ4v) is 4.02. The van der Waals surface area contributed by atoms with Crippen LogP contribution in [0.25, 0.3) is 11.5 Å². The van der Waals surface area contributed by atoms with Crippen molar-refractivity contribution in [1.82, 2.24) is 15.1 Å². The van der Waals surface area contributed by atoms with Gasteiger partial charge >= 0.3 is 5.97 Å². The van der Waals surface area contributed by atoms with Crippen LogP contribution < -0.4 is 0 Å². The normalized spacial score (nSPS) is 16.8. The maximum Gasteiger partial charge on any atom is 0.310 e. The van der Waals surface area contributed by atoms with Crippen LogP contribution in [-0.2, 0) is 14.3 Å². The van der Waals surface area contributed by atoms with Gasteiger partial charge in [-0.05, 0) is 45.7 Å². The van der Waals surface area contributed by atoms with Gasteiger partial charge in [-0.25, -0.2) is 0 Å². The minimum Gasteiger partial charge on any atom is -0.466 e. The second-order valence-electron chi connectivity index (χ2n) is 6.97. The van der Waals surface area contributed by atoms with Crippen molar-refractivity contribution in [2.45, 2.75) is 38.8 Å². The Morgan fingerprint density at radius 1 is 1.25 bits per heavy atom. The summed E-state index contributed by atoms with van der Waals surface area (Å²) in [4.78, 5) is 26.2. The van der Waals surface area contributed by atoms with Crippen LogP contribution in [-0.4, -0.2) is 52.4 Å². The molecule has 1 aromatic carbocycles. The average Bonchev–Trinajstić information content (AvgIpc) is 3.15. The summed E-state index contributed by atoms with van der Waals surface area (Å²) in [5.41, 5.74) is 3.12. The lowest BCUT2D eigenvalue weighted by Gasteiger charge is -2.31. The van der Waals surface area contributed by atoms with Crippen LogP contribution in [0.1, 0.15) is 30.9 Å². The molecule has 150 valence electrons. The predicted molar refractivity (Wildman–Crippen MR) is 106 cm³/mol. The van der Waals surface area contributed by atoms with E-state index in [4.69, 9.17) is 9.15 Å². The number of hydrogen-bond acceptors (Lipinski definition) is 7. The van der Waals surface area contributed by atoms with E-state index in [-0.39, 0.29) is 23.5 Å². The molecule has 1 saturated heterocycles. The van der Waals surface area contributed by atoms with Crippen molar-refractivity contribution in [3.05, 3.63) is 29.3 Å². The molecule has 2 aromatic rings. The van der Waals surface area contributed by atoms with E-state index in [0.29, 0.717) is 30.8 Å². The van der Waals surface area contributed by atoms with Gasteiger partial charge in [0.05, 0.1) is 18.3 Å². The third kappa shape index (κ3) is 5.13. The molecular formula is C20H25N3O4S. The lowest BCUT2D eigenvalue weighted by atomic mass is 9.98. The predicted octanol–water partition coefficient (Wildman–Crippen LogP) is 3.25. The Hall–Kier alpha value is -2.35. The van der Waals surface area contributed by atoms with E-state index in [1.807, 2.05) is 26.0 Å². The van der Waals surface area contributed by atoms with E-state index in [1.165, 1.54) is 11.8 Å². The van der Waals surface area contributed by atoms with Crippen LogP contribution in [0.5, 0.6) is 0 Å². The lowest BCUT2D eigenvalue weighted by molar-refractivity contribution is -0.151. The van der Waals surface area contributed by atoms with Crippen molar-refractivity contribution < 1.29 is 18.7 Å². The number of aromatic nitrogens is 2. The van der Waals surface area contributed by atoms with Gasteiger partial charge in [-0.15, -0.1) is 10.2 Å². The number of amides is 1. The largest absolute Gasteiger partial charge is 0.466 e. The van der Waals surface area contributed by atoms with Crippen LogP contribution >= 0.6 is 11.8 Å². The number of hydrogen-bond donors (Lipinski definition) is 0.